The summed E-state index contributed by atoms with van der Waals surface area (Å²) in [5.74, 6) is 0.124. The maximum atomic E-state index is 11.5. The quantitative estimate of drug-likeness (QED) is 0.688. The molecule has 0 radical (unpaired) electrons. The van der Waals surface area contributed by atoms with Crippen molar-refractivity contribution in [3.05, 3.63) is 51.9 Å². The summed E-state index contributed by atoms with van der Waals surface area (Å²) in [6, 6.07) is 8.75. The Kier molecular flexibility index (Phi) is 4.16. The second-order valence-electron chi connectivity index (χ2n) is 4.10. The molecule has 1 heterocycles. The van der Waals surface area contributed by atoms with Gasteiger partial charge >= 0.3 is 0 Å². The highest BCUT2D eigenvalue weighted by Crippen LogP contribution is 2.24. The fourth-order valence-electron chi connectivity index (χ4n) is 1.62. The fourth-order valence-corrected chi connectivity index (χ4v) is 2.46. The maximum absolute atomic E-state index is 11.5. The lowest BCUT2D eigenvalue weighted by atomic mass is 10.1. The molecule has 0 aliphatic carbocycles. The van der Waals surface area contributed by atoms with E-state index in [2.05, 4.69) is 9.97 Å². The summed E-state index contributed by atoms with van der Waals surface area (Å²) in [6.45, 7) is 3.62. The average molecular weight is 274 g/mol. The zero-order valence-electron chi connectivity index (χ0n) is 10.8. The van der Waals surface area contributed by atoms with E-state index in [4.69, 9.17) is 0 Å². The first-order chi connectivity index (χ1) is 9.08. The van der Waals surface area contributed by atoms with Crippen LogP contribution in [-0.2, 0) is 0 Å². The van der Waals surface area contributed by atoms with Crippen LogP contribution in [0.2, 0.25) is 0 Å². The molecule has 0 aliphatic rings. The minimum Gasteiger partial charge on any atom is -0.301 e. The average Bonchev–Trinajstić information content (AvgIpc) is 2.37. The van der Waals surface area contributed by atoms with Crippen molar-refractivity contribution in [1.82, 2.24) is 9.97 Å². The first kappa shape index (κ1) is 13.5. The number of ketones is 1. The van der Waals surface area contributed by atoms with Gasteiger partial charge in [-0.1, -0.05) is 30.8 Å². The molecule has 0 amide bonds. The summed E-state index contributed by atoms with van der Waals surface area (Å²) in [5, 5.41) is 0.555. The minimum absolute atomic E-state index is 0.124. The van der Waals surface area contributed by atoms with Gasteiger partial charge in [-0.25, -0.2) is 4.98 Å². The number of H-pyrrole nitrogens is 1. The van der Waals surface area contributed by atoms with Gasteiger partial charge in [0.25, 0.3) is 5.56 Å². The third kappa shape index (κ3) is 3.54. The molecule has 0 saturated carbocycles. The van der Waals surface area contributed by atoms with E-state index in [1.807, 2.05) is 19.1 Å². The van der Waals surface area contributed by atoms with Crippen LogP contribution in [0.1, 0.15) is 29.4 Å². The number of Topliss-reactive ketones (excluding diaryl/α,β-unsaturated/α-hetero) is 1. The number of carbonyl (C=O) groups excluding carboxylic acids is 1. The molecule has 1 aromatic heterocycles. The molecule has 1 aromatic carbocycles. The van der Waals surface area contributed by atoms with Crippen molar-refractivity contribution in [1.29, 1.82) is 0 Å². The molecule has 2 aromatic rings. The topological polar surface area (TPSA) is 62.8 Å². The molecule has 0 unspecified atom stereocenters. The Balaban J connectivity index is 2.19. The summed E-state index contributed by atoms with van der Waals surface area (Å²) < 4.78 is 0. The van der Waals surface area contributed by atoms with Crippen molar-refractivity contribution >= 4 is 17.5 Å². The van der Waals surface area contributed by atoms with E-state index in [0.29, 0.717) is 22.8 Å². The standard InChI is InChI=1S/C14H14N2O2S/c1-3-12(17)10-4-6-11(7-5-10)19-14-15-9(2)8-13(18)16-14/h4-8H,3H2,1-2H3,(H,15,16,18). The Bertz CT molecular complexity index is 647. The second kappa shape index (κ2) is 5.84. The van der Waals surface area contributed by atoms with Crippen molar-refractivity contribution in [3.63, 3.8) is 0 Å². The van der Waals surface area contributed by atoms with Crippen LogP contribution in [0.4, 0.5) is 0 Å². The number of benzene rings is 1. The van der Waals surface area contributed by atoms with Crippen molar-refractivity contribution in [3.8, 4) is 0 Å². The van der Waals surface area contributed by atoms with Crippen LogP contribution in [-0.4, -0.2) is 15.8 Å². The van der Waals surface area contributed by atoms with E-state index in [9.17, 15) is 9.59 Å². The lowest BCUT2D eigenvalue weighted by Crippen LogP contribution is -2.07. The molecule has 0 saturated heterocycles. The largest absolute Gasteiger partial charge is 0.301 e. The van der Waals surface area contributed by atoms with Crippen LogP contribution in [0, 0.1) is 6.92 Å². The first-order valence-electron chi connectivity index (χ1n) is 5.97. The molecule has 0 bridgehead atoms. The Labute approximate surface area is 115 Å². The highest BCUT2D eigenvalue weighted by Gasteiger charge is 2.05. The van der Waals surface area contributed by atoms with E-state index >= 15 is 0 Å². The van der Waals surface area contributed by atoms with E-state index in [1.165, 1.54) is 17.8 Å². The Morgan fingerprint density at radius 3 is 2.58 bits per heavy atom. The van der Waals surface area contributed by atoms with Crippen LogP contribution in [0.5, 0.6) is 0 Å². The lowest BCUT2D eigenvalue weighted by Gasteiger charge is -2.03. The highest BCUT2D eigenvalue weighted by atomic mass is 32.2. The van der Waals surface area contributed by atoms with Gasteiger partial charge < -0.3 is 4.98 Å². The summed E-state index contributed by atoms with van der Waals surface area (Å²) in [7, 11) is 0. The number of hydrogen-bond acceptors (Lipinski definition) is 4. The molecule has 5 heteroatoms. The summed E-state index contributed by atoms with van der Waals surface area (Å²) in [5.41, 5.74) is 1.23. The molecule has 0 aliphatic heterocycles. The molecule has 4 nitrogen and oxygen atoms in total. The highest BCUT2D eigenvalue weighted by molar-refractivity contribution is 7.99. The normalized spacial score (nSPS) is 10.4. The van der Waals surface area contributed by atoms with Crippen LogP contribution in [0.15, 0.2) is 45.2 Å². The molecule has 0 atom stereocenters. The van der Waals surface area contributed by atoms with Crippen LogP contribution in [0.25, 0.3) is 0 Å². The van der Waals surface area contributed by atoms with Gasteiger partial charge in [0.15, 0.2) is 10.9 Å². The number of aromatic nitrogens is 2. The van der Waals surface area contributed by atoms with Crippen LogP contribution in [0.3, 0.4) is 0 Å². The summed E-state index contributed by atoms with van der Waals surface area (Å²) >= 11 is 1.37. The van der Waals surface area contributed by atoms with E-state index in [-0.39, 0.29) is 11.3 Å². The molecule has 2 rings (SSSR count). The first-order valence-corrected chi connectivity index (χ1v) is 6.79. The third-order valence-electron chi connectivity index (χ3n) is 2.56. The Hall–Kier alpha value is -1.88. The lowest BCUT2D eigenvalue weighted by molar-refractivity contribution is 0.0988. The number of rotatable bonds is 4. The van der Waals surface area contributed by atoms with Crippen LogP contribution >= 0.6 is 11.8 Å². The van der Waals surface area contributed by atoms with Gasteiger partial charge in [0.1, 0.15) is 0 Å². The van der Waals surface area contributed by atoms with Crippen molar-refractivity contribution in [2.75, 3.05) is 0 Å². The number of aryl methyl sites for hydroxylation is 1. The number of nitrogens with zero attached hydrogens (tertiary/aromatic N) is 1. The van der Waals surface area contributed by atoms with E-state index in [1.54, 1.807) is 19.1 Å². The number of carbonyl (C=O) groups is 1. The molecule has 19 heavy (non-hydrogen) atoms. The zero-order valence-corrected chi connectivity index (χ0v) is 11.6. The third-order valence-corrected chi connectivity index (χ3v) is 3.45. The number of nitrogens with one attached hydrogen (secondary N) is 1. The molecule has 0 spiro atoms. The van der Waals surface area contributed by atoms with Gasteiger partial charge in [0.05, 0.1) is 0 Å². The monoisotopic (exact) mass is 274 g/mol. The second-order valence-corrected chi connectivity index (χ2v) is 5.16. The van der Waals surface area contributed by atoms with Crippen molar-refractivity contribution < 1.29 is 4.79 Å². The Morgan fingerprint density at radius 1 is 1.32 bits per heavy atom. The fraction of sp³-hybridized carbons (Fsp3) is 0.214. The van der Waals surface area contributed by atoms with Gasteiger partial charge in [0, 0.05) is 28.6 Å². The minimum atomic E-state index is -0.159. The van der Waals surface area contributed by atoms with Gasteiger partial charge in [-0.2, -0.15) is 0 Å². The Morgan fingerprint density at radius 2 is 2.00 bits per heavy atom. The van der Waals surface area contributed by atoms with Crippen LogP contribution < -0.4 is 5.56 Å². The number of hydrogen-bond donors (Lipinski definition) is 1. The van der Waals surface area contributed by atoms with E-state index < -0.39 is 0 Å². The van der Waals surface area contributed by atoms with Gasteiger partial charge in [-0.15, -0.1) is 0 Å². The molecule has 1 N–H and O–H groups in total. The smallest absolute Gasteiger partial charge is 0.251 e. The van der Waals surface area contributed by atoms with E-state index in [0.717, 1.165) is 4.90 Å². The van der Waals surface area contributed by atoms with Gasteiger partial charge in [-0.3, -0.25) is 9.59 Å². The summed E-state index contributed by atoms with van der Waals surface area (Å²) in [4.78, 5) is 30.7. The van der Waals surface area contributed by atoms with Crippen molar-refractivity contribution in [2.24, 2.45) is 0 Å². The SMILES string of the molecule is CCC(=O)c1ccc(Sc2nc(C)cc(=O)[nH]2)cc1. The number of aromatic amines is 1. The maximum Gasteiger partial charge on any atom is 0.251 e. The molecular weight excluding hydrogens is 260 g/mol. The van der Waals surface area contributed by atoms with Gasteiger partial charge in [-0.05, 0) is 19.1 Å². The van der Waals surface area contributed by atoms with Crippen molar-refractivity contribution in [2.45, 2.75) is 30.3 Å². The molecule has 98 valence electrons. The molecular formula is C14H14N2O2S. The molecule has 0 fully saturated rings. The predicted molar refractivity (Wildman–Crippen MR) is 74.8 cm³/mol. The zero-order chi connectivity index (χ0) is 13.8. The van der Waals surface area contributed by atoms with Gasteiger partial charge in [0.2, 0.25) is 0 Å². The predicted octanol–water partition coefficient (Wildman–Crippen LogP) is 2.82. The summed E-state index contributed by atoms with van der Waals surface area (Å²) in [6.07, 6.45) is 0.499.